The van der Waals surface area contributed by atoms with Gasteiger partial charge in [-0.1, -0.05) is 0 Å². The highest BCUT2D eigenvalue weighted by molar-refractivity contribution is 5.83. The first-order valence-corrected chi connectivity index (χ1v) is 12.4. The normalized spacial score (nSPS) is 17.5. The average Bonchev–Trinajstić information content (AvgIpc) is 3.47. The van der Waals surface area contributed by atoms with Crippen LogP contribution in [0.1, 0.15) is 25.7 Å². The largest absolute Gasteiger partial charge is 0.468 e. The summed E-state index contributed by atoms with van der Waals surface area (Å²) in [4.78, 5) is 23.6. The number of methoxy groups -OCH3 is 1. The van der Waals surface area contributed by atoms with Gasteiger partial charge in [0.1, 0.15) is 24.0 Å². The number of pyridine rings is 2. The van der Waals surface area contributed by atoms with Crippen LogP contribution in [0.25, 0.3) is 16.6 Å². The van der Waals surface area contributed by atoms with Gasteiger partial charge in [0.25, 0.3) is 0 Å². The van der Waals surface area contributed by atoms with Gasteiger partial charge in [0, 0.05) is 48.2 Å². The molecule has 10 heteroatoms. The van der Waals surface area contributed by atoms with E-state index in [9.17, 15) is 9.18 Å². The maximum absolute atomic E-state index is 14.8. The second kappa shape index (κ2) is 10.9. The Balaban J connectivity index is 1.40. The lowest BCUT2D eigenvalue weighted by atomic mass is 9.90. The summed E-state index contributed by atoms with van der Waals surface area (Å²) in [6.45, 7) is 0.133. The molecule has 0 saturated heterocycles. The zero-order valence-corrected chi connectivity index (χ0v) is 20.9. The number of nitrogens with one attached hydrogen (secondary N) is 2. The molecule has 1 fully saturated rings. The second-order valence-electron chi connectivity index (χ2n) is 9.17. The van der Waals surface area contributed by atoms with Gasteiger partial charge in [0.2, 0.25) is 0 Å². The average molecular weight is 504 g/mol. The van der Waals surface area contributed by atoms with Crippen LogP contribution in [0.4, 0.5) is 21.7 Å². The third kappa shape index (κ3) is 5.54. The molecule has 9 nitrogen and oxygen atoms in total. The summed E-state index contributed by atoms with van der Waals surface area (Å²) in [5.41, 5.74) is 1.62. The topological polar surface area (TPSA) is 97.2 Å². The maximum atomic E-state index is 14.8. The van der Waals surface area contributed by atoms with E-state index in [4.69, 9.17) is 9.72 Å². The van der Waals surface area contributed by atoms with Crippen LogP contribution < -0.4 is 15.5 Å². The Labute approximate surface area is 214 Å². The molecule has 0 radical (unpaired) electrons. The molecule has 0 aliphatic heterocycles. The number of halogens is 1. The van der Waals surface area contributed by atoms with Crippen LogP contribution in [0.2, 0.25) is 0 Å². The highest BCUT2D eigenvalue weighted by atomic mass is 19.1. The van der Waals surface area contributed by atoms with Crippen molar-refractivity contribution in [3.05, 3.63) is 66.9 Å². The van der Waals surface area contributed by atoms with Crippen molar-refractivity contribution in [2.24, 2.45) is 0 Å². The summed E-state index contributed by atoms with van der Waals surface area (Å²) in [5.74, 6) is 0.455. The van der Waals surface area contributed by atoms with Gasteiger partial charge < -0.3 is 20.3 Å². The van der Waals surface area contributed by atoms with Crippen molar-refractivity contribution >= 4 is 34.2 Å². The smallest absolute Gasteiger partial charge is 0.325 e. The lowest BCUT2D eigenvalue weighted by Crippen LogP contribution is -2.44. The zero-order chi connectivity index (χ0) is 25.8. The molecule has 5 rings (SSSR count). The van der Waals surface area contributed by atoms with Crippen molar-refractivity contribution in [1.82, 2.24) is 25.1 Å². The van der Waals surface area contributed by atoms with E-state index < -0.39 is 5.82 Å². The summed E-state index contributed by atoms with van der Waals surface area (Å²) in [6.07, 6.45) is 9.09. The molecule has 0 atom stereocenters. The number of rotatable bonds is 8. The number of nitrogens with zero attached hydrogens (tertiary/aromatic N) is 5. The number of aromatic nitrogens is 4. The summed E-state index contributed by atoms with van der Waals surface area (Å²) >= 11 is 0. The molecule has 3 heterocycles. The van der Waals surface area contributed by atoms with Crippen LogP contribution in [-0.2, 0) is 9.53 Å². The summed E-state index contributed by atoms with van der Waals surface area (Å²) in [6, 6.07) is 13.0. The van der Waals surface area contributed by atoms with Crippen LogP contribution in [-0.4, -0.2) is 58.5 Å². The Hall–Kier alpha value is -4.05. The quantitative estimate of drug-likeness (QED) is 0.345. The number of anilines is 3. The second-order valence-corrected chi connectivity index (χ2v) is 9.17. The van der Waals surface area contributed by atoms with Crippen LogP contribution in [0.15, 0.2) is 61.1 Å². The molecule has 1 aliphatic rings. The maximum Gasteiger partial charge on any atom is 0.325 e. The molecule has 0 amide bonds. The number of hydrogen-bond acceptors (Lipinski definition) is 8. The third-order valence-electron chi connectivity index (χ3n) is 6.91. The molecular weight excluding hydrogens is 473 g/mol. The molecule has 37 heavy (non-hydrogen) atoms. The molecule has 192 valence electrons. The summed E-state index contributed by atoms with van der Waals surface area (Å²) < 4.78 is 21.4. The van der Waals surface area contributed by atoms with Gasteiger partial charge in [-0.2, -0.15) is 5.10 Å². The van der Waals surface area contributed by atoms with E-state index in [-0.39, 0.29) is 18.6 Å². The van der Waals surface area contributed by atoms with E-state index in [0.717, 1.165) is 31.1 Å². The van der Waals surface area contributed by atoms with E-state index in [2.05, 4.69) is 20.7 Å². The fourth-order valence-electron chi connectivity index (χ4n) is 4.82. The van der Waals surface area contributed by atoms with Crippen LogP contribution in [0.3, 0.4) is 0 Å². The zero-order valence-electron chi connectivity index (χ0n) is 20.9. The van der Waals surface area contributed by atoms with Gasteiger partial charge in [-0.15, -0.1) is 0 Å². The number of carbonyl (C=O) groups excluding carboxylic acids is 1. The van der Waals surface area contributed by atoms with E-state index in [1.165, 1.54) is 13.2 Å². The molecule has 2 N–H and O–H groups in total. The van der Waals surface area contributed by atoms with E-state index >= 15 is 0 Å². The van der Waals surface area contributed by atoms with E-state index in [1.807, 2.05) is 24.1 Å². The molecule has 3 aromatic heterocycles. The Morgan fingerprint density at radius 1 is 1.19 bits per heavy atom. The number of carbonyl (C=O) groups is 1. The first-order chi connectivity index (χ1) is 18.0. The fraction of sp³-hybridized carbons (Fsp3) is 0.333. The molecule has 1 saturated carbocycles. The third-order valence-corrected chi connectivity index (χ3v) is 6.91. The van der Waals surface area contributed by atoms with E-state index in [1.54, 1.807) is 47.5 Å². The Bertz CT molecular complexity index is 1370. The SMILES string of the molecule is CNC1CCC(N(CC(=O)OC)c2ccc3cnc(Nc4ccc(-n5cccn5)cc4F)cc3n2)CC1. The molecular formula is C27H30FN7O2. The van der Waals surface area contributed by atoms with Crippen LogP contribution in [0.5, 0.6) is 0 Å². The molecule has 0 unspecified atom stereocenters. The molecule has 0 spiro atoms. The number of fused-ring (bicyclic) bond motifs is 1. The number of benzene rings is 1. The number of ether oxygens (including phenoxy) is 1. The fourth-order valence-corrected chi connectivity index (χ4v) is 4.82. The first kappa shape index (κ1) is 24.6. The van der Waals surface area contributed by atoms with Crippen molar-refractivity contribution in [3.8, 4) is 5.69 Å². The van der Waals surface area contributed by atoms with Gasteiger partial charge in [0.05, 0.1) is 24.0 Å². The lowest BCUT2D eigenvalue weighted by molar-refractivity contribution is -0.139. The molecule has 1 aliphatic carbocycles. The molecule has 1 aromatic carbocycles. The highest BCUT2D eigenvalue weighted by Gasteiger charge is 2.28. The van der Waals surface area contributed by atoms with Gasteiger partial charge in [-0.25, -0.2) is 19.0 Å². The summed E-state index contributed by atoms with van der Waals surface area (Å²) in [5, 5.41) is 11.4. The van der Waals surface area contributed by atoms with Crippen molar-refractivity contribution < 1.29 is 13.9 Å². The minimum absolute atomic E-state index is 0.133. The number of hydrogen-bond donors (Lipinski definition) is 2. The van der Waals surface area contributed by atoms with Crippen molar-refractivity contribution in [2.45, 2.75) is 37.8 Å². The van der Waals surface area contributed by atoms with Gasteiger partial charge in [-0.3, -0.25) is 4.79 Å². The van der Waals surface area contributed by atoms with Crippen molar-refractivity contribution in [3.63, 3.8) is 0 Å². The molecule has 0 bridgehead atoms. The van der Waals surface area contributed by atoms with Crippen molar-refractivity contribution in [1.29, 1.82) is 0 Å². The predicted octanol–water partition coefficient (Wildman–Crippen LogP) is 4.21. The minimum atomic E-state index is -0.418. The minimum Gasteiger partial charge on any atom is -0.468 e. The Morgan fingerprint density at radius 2 is 2.03 bits per heavy atom. The summed E-state index contributed by atoms with van der Waals surface area (Å²) in [7, 11) is 3.39. The Kier molecular flexibility index (Phi) is 7.27. The monoisotopic (exact) mass is 503 g/mol. The standard InChI is InChI=1S/C27H30FN7O2/c1-29-19-5-7-20(8-6-19)34(17-27(36)37-2)26-11-4-18-16-30-25(15-24(18)33-26)32-23-10-9-21(14-22(23)28)35-13-3-12-31-35/h3-4,9-16,19-20,29H,5-8,17H2,1-2H3,(H,30,32). The van der Waals surface area contributed by atoms with Crippen LogP contribution in [0, 0.1) is 5.82 Å². The lowest BCUT2D eigenvalue weighted by Gasteiger charge is -2.37. The van der Waals surface area contributed by atoms with Crippen LogP contribution >= 0.6 is 0 Å². The van der Waals surface area contributed by atoms with Gasteiger partial charge >= 0.3 is 5.97 Å². The van der Waals surface area contributed by atoms with Crippen molar-refractivity contribution in [2.75, 3.05) is 30.9 Å². The van der Waals surface area contributed by atoms with E-state index in [0.29, 0.717) is 34.6 Å². The number of esters is 1. The first-order valence-electron chi connectivity index (χ1n) is 12.4. The van der Waals surface area contributed by atoms with Gasteiger partial charge in [0.15, 0.2) is 0 Å². The van der Waals surface area contributed by atoms with Gasteiger partial charge in [-0.05, 0) is 63.1 Å². The predicted molar refractivity (Wildman–Crippen MR) is 141 cm³/mol. The Morgan fingerprint density at radius 3 is 2.73 bits per heavy atom. The highest BCUT2D eigenvalue weighted by Crippen LogP contribution is 2.29. The molecule has 4 aromatic rings.